The van der Waals surface area contributed by atoms with Crippen molar-refractivity contribution in [2.45, 2.75) is 33.7 Å². The minimum Gasteiger partial charge on any atom is -0.289 e. The molecule has 3 aromatic heterocycles. The van der Waals surface area contributed by atoms with Crippen LogP contribution in [0.4, 0.5) is 0 Å². The normalized spacial score (nSPS) is 12.6. The Labute approximate surface area is 202 Å². The molecule has 35 heavy (non-hydrogen) atoms. The molecular formula is C29H25N5O. The summed E-state index contributed by atoms with van der Waals surface area (Å²) in [7, 11) is 0. The second-order valence-electron chi connectivity index (χ2n) is 9.11. The van der Waals surface area contributed by atoms with E-state index in [0.717, 1.165) is 27.8 Å². The predicted octanol–water partition coefficient (Wildman–Crippen LogP) is 5.82. The highest BCUT2D eigenvalue weighted by Gasteiger charge is 2.24. The monoisotopic (exact) mass is 459 g/mol. The molecule has 0 N–H and O–H groups in total. The van der Waals surface area contributed by atoms with E-state index in [1.54, 1.807) is 4.57 Å². The van der Waals surface area contributed by atoms with Crippen LogP contribution >= 0.6 is 0 Å². The number of fused-ring (bicyclic) bond motifs is 4. The molecule has 0 unspecified atom stereocenters. The second-order valence-corrected chi connectivity index (χ2v) is 9.11. The van der Waals surface area contributed by atoms with Crippen molar-refractivity contribution in [1.29, 1.82) is 0 Å². The Morgan fingerprint density at radius 1 is 0.743 bits per heavy atom. The van der Waals surface area contributed by atoms with Gasteiger partial charge in [-0.05, 0) is 68.7 Å². The summed E-state index contributed by atoms with van der Waals surface area (Å²) >= 11 is 0. The zero-order valence-electron chi connectivity index (χ0n) is 20.1. The average Bonchev–Trinajstić information content (AvgIpc) is 3.17. The number of benzene rings is 3. The van der Waals surface area contributed by atoms with Gasteiger partial charge in [0, 0.05) is 5.69 Å². The fourth-order valence-electron chi connectivity index (χ4n) is 4.86. The molecule has 6 heteroatoms. The van der Waals surface area contributed by atoms with Crippen molar-refractivity contribution in [2.24, 2.45) is 0 Å². The highest BCUT2D eigenvalue weighted by molar-refractivity contribution is 6.05. The molecule has 3 aromatic carbocycles. The van der Waals surface area contributed by atoms with Gasteiger partial charge in [0.2, 0.25) is 0 Å². The Morgan fingerprint density at radius 2 is 1.43 bits per heavy atom. The van der Waals surface area contributed by atoms with Crippen molar-refractivity contribution in [3.8, 4) is 5.69 Å². The maximum atomic E-state index is 14.1. The van der Waals surface area contributed by atoms with Gasteiger partial charge in [-0.1, -0.05) is 48.5 Å². The van der Waals surface area contributed by atoms with Crippen LogP contribution in [0.5, 0.6) is 0 Å². The molecule has 6 nitrogen and oxygen atoms in total. The molecule has 0 aliphatic carbocycles. The van der Waals surface area contributed by atoms with Gasteiger partial charge in [0.05, 0.1) is 17.1 Å². The van der Waals surface area contributed by atoms with Gasteiger partial charge < -0.3 is 0 Å². The van der Waals surface area contributed by atoms with Gasteiger partial charge in [-0.2, -0.15) is 0 Å². The number of rotatable bonds is 3. The first kappa shape index (κ1) is 21.2. The van der Waals surface area contributed by atoms with E-state index in [1.165, 1.54) is 5.56 Å². The highest BCUT2D eigenvalue weighted by Crippen LogP contribution is 2.30. The third-order valence-electron chi connectivity index (χ3n) is 6.90. The van der Waals surface area contributed by atoms with Crippen LogP contribution < -0.4 is 5.56 Å². The molecule has 0 saturated carbocycles. The van der Waals surface area contributed by atoms with E-state index in [0.29, 0.717) is 28.0 Å². The van der Waals surface area contributed by atoms with E-state index in [9.17, 15) is 4.79 Å². The molecule has 0 amide bonds. The van der Waals surface area contributed by atoms with E-state index in [4.69, 9.17) is 15.0 Å². The Kier molecular flexibility index (Phi) is 4.78. The molecule has 0 radical (unpaired) electrons. The smallest absolute Gasteiger partial charge is 0.265 e. The minimum absolute atomic E-state index is 0.110. The predicted molar refractivity (Wildman–Crippen MR) is 140 cm³/mol. The largest absolute Gasteiger partial charge is 0.289 e. The lowest BCUT2D eigenvalue weighted by Gasteiger charge is -2.18. The summed E-state index contributed by atoms with van der Waals surface area (Å²) in [6.07, 6.45) is 0. The highest BCUT2D eigenvalue weighted by atomic mass is 16.1. The third kappa shape index (κ3) is 3.25. The first-order chi connectivity index (χ1) is 16.9. The quantitative estimate of drug-likeness (QED) is 0.335. The van der Waals surface area contributed by atoms with Gasteiger partial charge in [0.25, 0.3) is 5.56 Å². The van der Waals surface area contributed by atoms with Crippen LogP contribution in [0.2, 0.25) is 0 Å². The Balaban J connectivity index is 1.76. The number of hydrogen-bond acceptors (Lipinski definition) is 4. The van der Waals surface area contributed by atoms with E-state index in [-0.39, 0.29) is 11.6 Å². The molecule has 3 heterocycles. The lowest BCUT2D eigenvalue weighted by Crippen LogP contribution is -2.27. The van der Waals surface area contributed by atoms with Crippen LogP contribution in [0, 0.1) is 20.8 Å². The molecule has 0 fully saturated rings. The molecule has 1 atom stereocenters. The van der Waals surface area contributed by atoms with E-state index < -0.39 is 0 Å². The molecular weight excluding hydrogens is 434 g/mol. The molecule has 172 valence electrons. The number of aromatic nitrogens is 5. The summed E-state index contributed by atoms with van der Waals surface area (Å²) in [5.41, 5.74) is 7.54. The van der Waals surface area contributed by atoms with Gasteiger partial charge in [-0.3, -0.25) is 13.9 Å². The standard InChI is InChI=1S/C29H25N5O/c1-17-14-15-22(16-18(17)2)34-27-25(26-28(34)32-24-13-9-8-12-23(24)31-26)29(35)33(20(4)30-27)19(3)21-10-6-5-7-11-21/h5-16,19H,1-4H3/t19-/m1/s1. The van der Waals surface area contributed by atoms with E-state index >= 15 is 0 Å². The zero-order chi connectivity index (χ0) is 24.3. The van der Waals surface area contributed by atoms with Crippen molar-refractivity contribution in [3.63, 3.8) is 0 Å². The topological polar surface area (TPSA) is 65.6 Å². The lowest BCUT2D eigenvalue weighted by atomic mass is 10.1. The van der Waals surface area contributed by atoms with Crippen molar-refractivity contribution in [3.05, 3.63) is 106 Å². The zero-order valence-corrected chi connectivity index (χ0v) is 20.1. The second kappa shape index (κ2) is 7.87. The maximum Gasteiger partial charge on any atom is 0.265 e. The van der Waals surface area contributed by atoms with Crippen LogP contribution in [0.3, 0.4) is 0 Å². The van der Waals surface area contributed by atoms with Gasteiger partial charge in [-0.25, -0.2) is 15.0 Å². The van der Waals surface area contributed by atoms with Crippen LogP contribution in [-0.2, 0) is 0 Å². The molecule has 0 saturated heterocycles. The summed E-state index contributed by atoms with van der Waals surface area (Å²) in [6, 6.07) is 23.8. The van der Waals surface area contributed by atoms with Crippen LogP contribution in [-0.4, -0.2) is 24.1 Å². The van der Waals surface area contributed by atoms with Crippen LogP contribution in [0.15, 0.2) is 77.6 Å². The van der Waals surface area contributed by atoms with Crippen molar-refractivity contribution in [2.75, 3.05) is 0 Å². The fraction of sp³-hybridized carbons (Fsp3) is 0.172. The average molecular weight is 460 g/mol. The molecule has 6 aromatic rings. The summed E-state index contributed by atoms with van der Waals surface area (Å²) in [6.45, 7) is 8.09. The summed E-state index contributed by atoms with van der Waals surface area (Å²) in [5, 5.41) is 0.491. The molecule has 0 aliphatic rings. The molecule has 6 rings (SSSR count). The van der Waals surface area contributed by atoms with E-state index in [2.05, 4.69) is 26.0 Å². The Bertz CT molecular complexity index is 1820. The van der Waals surface area contributed by atoms with Gasteiger partial charge in [-0.15, -0.1) is 0 Å². The molecule has 0 bridgehead atoms. The van der Waals surface area contributed by atoms with Crippen molar-refractivity contribution >= 4 is 33.2 Å². The SMILES string of the molecule is Cc1ccc(-n2c3nc4ccccc4nc3c3c(=O)n([C@H](C)c4ccccc4)c(C)nc32)cc1C. The number of hydrogen-bond donors (Lipinski definition) is 0. The van der Waals surface area contributed by atoms with Gasteiger partial charge >= 0.3 is 0 Å². The van der Waals surface area contributed by atoms with Crippen molar-refractivity contribution in [1.82, 2.24) is 24.1 Å². The number of aryl methyl sites for hydroxylation is 3. The number of para-hydroxylation sites is 2. The number of nitrogens with zero attached hydrogens (tertiary/aromatic N) is 5. The Hall–Kier alpha value is -4.32. The van der Waals surface area contributed by atoms with Crippen molar-refractivity contribution < 1.29 is 0 Å². The van der Waals surface area contributed by atoms with E-state index in [1.807, 2.05) is 79.1 Å². The molecule has 0 spiro atoms. The fourth-order valence-corrected chi connectivity index (χ4v) is 4.86. The summed E-state index contributed by atoms with van der Waals surface area (Å²) in [4.78, 5) is 29.0. The maximum absolute atomic E-state index is 14.1. The van der Waals surface area contributed by atoms with Gasteiger partial charge in [0.1, 0.15) is 16.7 Å². The Morgan fingerprint density at radius 3 is 2.14 bits per heavy atom. The van der Waals surface area contributed by atoms with Gasteiger partial charge in [0.15, 0.2) is 11.3 Å². The lowest BCUT2D eigenvalue weighted by molar-refractivity contribution is 0.587. The first-order valence-corrected chi connectivity index (χ1v) is 11.8. The first-order valence-electron chi connectivity index (χ1n) is 11.8. The minimum atomic E-state index is -0.172. The summed E-state index contributed by atoms with van der Waals surface area (Å²) < 4.78 is 3.74. The molecule has 0 aliphatic heterocycles. The third-order valence-corrected chi connectivity index (χ3v) is 6.90. The van der Waals surface area contributed by atoms with Crippen LogP contribution in [0.1, 0.15) is 35.5 Å². The summed E-state index contributed by atoms with van der Waals surface area (Å²) in [5.74, 6) is 0.649. The van der Waals surface area contributed by atoms with Crippen LogP contribution in [0.25, 0.3) is 38.9 Å².